The first-order chi connectivity index (χ1) is 22.8. The van der Waals surface area contributed by atoms with Gasteiger partial charge >= 0.3 is 0 Å². The van der Waals surface area contributed by atoms with E-state index in [2.05, 4.69) is 31.9 Å². The van der Waals surface area contributed by atoms with Gasteiger partial charge in [0.1, 0.15) is 17.4 Å². The number of aliphatic hydroxyl groups excluding tert-OH is 1. The Labute approximate surface area is 278 Å². The molecule has 3 fully saturated rings. The molecule has 10 heteroatoms. The van der Waals surface area contributed by atoms with Gasteiger partial charge in [-0.05, 0) is 88.6 Å². The van der Waals surface area contributed by atoms with Crippen LogP contribution in [0, 0.1) is 11.8 Å². The van der Waals surface area contributed by atoms with Gasteiger partial charge in [-0.25, -0.2) is 0 Å². The van der Waals surface area contributed by atoms with Gasteiger partial charge in [0.15, 0.2) is 0 Å². The molecule has 2 aromatic rings. The molecule has 3 heterocycles. The summed E-state index contributed by atoms with van der Waals surface area (Å²) in [6, 6.07) is 14.2. The van der Waals surface area contributed by atoms with Gasteiger partial charge in [-0.3, -0.25) is 14.4 Å². The van der Waals surface area contributed by atoms with Crippen molar-refractivity contribution in [2.24, 2.45) is 11.8 Å². The third kappa shape index (κ3) is 6.16. The monoisotopic (exact) mass is 644 g/mol. The second-order valence-corrected chi connectivity index (χ2v) is 12.3. The number of aliphatic hydroxyl groups is 1. The highest BCUT2D eigenvalue weighted by Gasteiger charge is 2.75. The van der Waals surface area contributed by atoms with Crippen molar-refractivity contribution in [2.45, 2.75) is 57.8 Å². The summed E-state index contributed by atoms with van der Waals surface area (Å²) in [5.74, 6) is -1.69. The molecule has 0 aromatic heterocycles. The minimum absolute atomic E-state index is 0.137. The zero-order valence-electron chi connectivity index (χ0n) is 27.8. The summed E-state index contributed by atoms with van der Waals surface area (Å²) in [5.41, 5.74) is 1.25. The van der Waals surface area contributed by atoms with E-state index >= 15 is 0 Å². The normalized spacial score (nSPS) is 24.2. The van der Waals surface area contributed by atoms with Crippen molar-refractivity contribution in [3.63, 3.8) is 0 Å². The van der Waals surface area contributed by atoms with Crippen molar-refractivity contribution in [3.05, 3.63) is 73.8 Å². The number of amides is 3. The summed E-state index contributed by atoms with van der Waals surface area (Å²) < 4.78 is 12.3. The fourth-order valence-electron chi connectivity index (χ4n) is 7.75. The standard InChI is InChI=1S/C37H48N4O6/c1-6-22-39(28-16-18-29(19-17-28)46-10-5)34(43)31-30-20-21-37(47-30)32(31)35(44)41(24-11-25-42)33(37)36(45)40(23-7-2)27-14-12-26(13-15-27)38(8-3)9-4/h6-7,12-19,30-33,42H,1-2,8-11,20-25H2,3-5H3/t30-,31+,32+,33?,37?/m1/s1. The van der Waals surface area contributed by atoms with E-state index in [0.29, 0.717) is 43.0 Å². The lowest BCUT2D eigenvalue weighted by Gasteiger charge is -2.37. The molecule has 3 amide bonds. The first-order valence-electron chi connectivity index (χ1n) is 16.8. The van der Waals surface area contributed by atoms with Crippen LogP contribution in [-0.2, 0) is 19.1 Å². The van der Waals surface area contributed by atoms with Gasteiger partial charge in [0.2, 0.25) is 11.8 Å². The number of benzene rings is 2. The number of carbonyl (C=O) groups excluding carboxylic acids is 3. The van der Waals surface area contributed by atoms with E-state index in [4.69, 9.17) is 9.47 Å². The molecular formula is C37H48N4O6. The van der Waals surface area contributed by atoms with Crippen LogP contribution in [0.3, 0.4) is 0 Å². The molecule has 10 nitrogen and oxygen atoms in total. The average Bonchev–Trinajstić information content (AvgIpc) is 3.73. The Hall–Kier alpha value is -4.15. The summed E-state index contributed by atoms with van der Waals surface area (Å²) in [6.07, 6.45) is 4.18. The van der Waals surface area contributed by atoms with E-state index in [9.17, 15) is 19.5 Å². The van der Waals surface area contributed by atoms with Crippen molar-refractivity contribution in [3.8, 4) is 5.75 Å². The van der Waals surface area contributed by atoms with Gasteiger partial charge in [-0.2, -0.15) is 0 Å². The number of hydrogen-bond donors (Lipinski definition) is 1. The van der Waals surface area contributed by atoms with Crippen LogP contribution in [0.4, 0.5) is 17.1 Å². The lowest BCUT2D eigenvalue weighted by molar-refractivity contribution is -0.141. The Morgan fingerprint density at radius 1 is 0.957 bits per heavy atom. The maximum atomic E-state index is 14.7. The number of ether oxygens (including phenoxy) is 2. The maximum Gasteiger partial charge on any atom is 0.253 e. The fraction of sp³-hybridized carbons (Fsp3) is 0.486. The Morgan fingerprint density at radius 3 is 2.09 bits per heavy atom. The van der Waals surface area contributed by atoms with Crippen molar-refractivity contribution >= 4 is 34.8 Å². The lowest BCUT2D eigenvalue weighted by Crippen LogP contribution is -2.56. The predicted molar refractivity (Wildman–Crippen MR) is 184 cm³/mol. The predicted octanol–water partition coefficient (Wildman–Crippen LogP) is 4.43. The number of anilines is 3. The second kappa shape index (κ2) is 14.7. The topological polar surface area (TPSA) is 103 Å². The number of hydrogen-bond acceptors (Lipinski definition) is 7. The van der Waals surface area contributed by atoms with Gasteiger partial charge in [0.25, 0.3) is 5.91 Å². The molecule has 3 saturated heterocycles. The highest BCUT2D eigenvalue weighted by Crippen LogP contribution is 2.59. The Kier molecular flexibility index (Phi) is 10.7. The number of likely N-dealkylation sites (tertiary alicyclic amines) is 1. The van der Waals surface area contributed by atoms with E-state index in [0.717, 1.165) is 18.8 Å². The molecule has 2 aromatic carbocycles. The highest BCUT2D eigenvalue weighted by molar-refractivity contribution is 6.06. The number of carbonyl (C=O) groups is 3. The largest absolute Gasteiger partial charge is 0.494 e. The van der Waals surface area contributed by atoms with Crippen molar-refractivity contribution in [2.75, 3.05) is 60.6 Å². The fourth-order valence-corrected chi connectivity index (χ4v) is 7.75. The molecule has 2 unspecified atom stereocenters. The van der Waals surface area contributed by atoms with E-state index in [1.807, 2.05) is 55.5 Å². The summed E-state index contributed by atoms with van der Waals surface area (Å²) in [6.45, 7) is 16.7. The molecule has 252 valence electrons. The highest BCUT2D eigenvalue weighted by atomic mass is 16.5. The van der Waals surface area contributed by atoms with Crippen LogP contribution in [0.15, 0.2) is 73.8 Å². The Bertz CT molecular complexity index is 1440. The van der Waals surface area contributed by atoms with Crippen LogP contribution >= 0.6 is 0 Å². The van der Waals surface area contributed by atoms with Gasteiger partial charge < -0.3 is 34.2 Å². The van der Waals surface area contributed by atoms with Gasteiger partial charge in [0.05, 0.1) is 24.5 Å². The average molecular weight is 645 g/mol. The molecule has 5 atom stereocenters. The third-order valence-corrected chi connectivity index (χ3v) is 9.78. The Morgan fingerprint density at radius 2 is 1.53 bits per heavy atom. The van der Waals surface area contributed by atoms with Gasteiger partial charge in [-0.1, -0.05) is 12.2 Å². The van der Waals surface area contributed by atoms with Crippen LogP contribution < -0.4 is 19.4 Å². The molecule has 0 saturated carbocycles. The summed E-state index contributed by atoms with van der Waals surface area (Å²) in [5, 5.41) is 9.74. The molecule has 1 N–H and O–H groups in total. The smallest absolute Gasteiger partial charge is 0.253 e. The summed E-state index contributed by atoms with van der Waals surface area (Å²) in [7, 11) is 0. The second-order valence-electron chi connectivity index (χ2n) is 12.3. The molecule has 47 heavy (non-hydrogen) atoms. The van der Waals surface area contributed by atoms with Crippen LogP contribution in [-0.4, -0.2) is 91.4 Å². The third-order valence-electron chi connectivity index (χ3n) is 9.78. The molecule has 0 radical (unpaired) electrons. The number of nitrogens with zero attached hydrogens (tertiary/aromatic N) is 4. The first kappa shape index (κ1) is 34.2. The molecule has 2 bridgehead atoms. The number of rotatable bonds is 16. The lowest BCUT2D eigenvalue weighted by atomic mass is 9.70. The molecule has 0 aliphatic carbocycles. The Balaban J connectivity index is 1.50. The summed E-state index contributed by atoms with van der Waals surface area (Å²) >= 11 is 0. The molecule has 3 aliphatic rings. The quantitative estimate of drug-likeness (QED) is 0.270. The van der Waals surface area contributed by atoms with Crippen molar-refractivity contribution < 1.29 is 29.0 Å². The zero-order valence-corrected chi connectivity index (χ0v) is 27.8. The maximum absolute atomic E-state index is 14.7. The minimum atomic E-state index is -1.16. The molecular weight excluding hydrogens is 596 g/mol. The molecule has 1 spiro atoms. The van der Waals surface area contributed by atoms with Crippen LogP contribution in [0.1, 0.15) is 40.0 Å². The van der Waals surface area contributed by atoms with Crippen molar-refractivity contribution in [1.29, 1.82) is 0 Å². The van der Waals surface area contributed by atoms with Crippen LogP contribution in [0.25, 0.3) is 0 Å². The molecule has 3 aliphatic heterocycles. The van der Waals surface area contributed by atoms with Crippen molar-refractivity contribution in [1.82, 2.24) is 4.90 Å². The SMILES string of the molecule is C=CCN(C(=O)C1N(CCCO)C(=O)[C@@H]2[C@@H](C(=O)N(CC=C)c3ccc(OCC)cc3)[C@H]3CCC12O3)c1ccc(N(CC)CC)cc1. The van der Waals surface area contributed by atoms with Gasteiger partial charge in [-0.15, -0.1) is 13.2 Å². The van der Waals surface area contributed by atoms with E-state index in [1.165, 1.54) is 0 Å². The molecule has 5 rings (SSSR count). The van der Waals surface area contributed by atoms with Crippen LogP contribution in [0.5, 0.6) is 5.75 Å². The van der Waals surface area contributed by atoms with Gasteiger partial charge in [0, 0.05) is 56.4 Å². The summed E-state index contributed by atoms with van der Waals surface area (Å²) in [4.78, 5) is 50.7. The first-order valence-corrected chi connectivity index (χ1v) is 16.8. The van der Waals surface area contributed by atoms with E-state index in [1.54, 1.807) is 26.9 Å². The van der Waals surface area contributed by atoms with Crippen LogP contribution in [0.2, 0.25) is 0 Å². The number of fused-ring (bicyclic) bond motifs is 1. The minimum Gasteiger partial charge on any atom is -0.494 e. The zero-order chi connectivity index (χ0) is 33.7. The van der Waals surface area contributed by atoms with E-state index in [-0.39, 0.29) is 44.0 Å². The van der Waals surface area contributed by atoms with E-state index < -0.39 is 29.6 Å².